The molecule has 146 valence electrons. The lowest BCUT2D eigenvalue weighted by atomic mass is 10.0. The van der Waals surface area contributed by atoms with Crippen molar-refractivity contribution in [3.05, 3.63) is 75.6 Å². The lowest BCUT2D eigenvalue weighted by Crippen LogP contribution is -2.17. The average Bonchev–Trinajstić information content (AvgIpc) is 2.60. The Morgan fingerprint density at radius 2 is 1.54 bits per heavy atom. The van der Waals surface area contributed by atoms with Crippen molar-refractivity contribution in [3.8, 4) is 16.9 Å². The van der Waals surface area contributed by atoms with E-state index in [-0.39, 0.29) is 16.8 Å². The van der Waals surface area contributed by atoms with Crippen LogP contribution < -0.4 is 10.1 Å². The fraction of sp³-hybridized carbons (Fsp3) is 0.0526. The van der Waals surface area contributed by atoms with E-state index in [0.717, 1.165) is 18.2 Å². The molecule has 0 fully saturated rings. The van der Waals surface area contributed by atoms with E-state index in [1.807, 2.05) is 22.6 Å². The SMILES string of the molecule is Fc1cc(I)ccc1Nc1c(-c2ccccc2OC(F)(F)F)ccc(F)c1F. The van der Waals surface area contributed by atoms with Crippen LogP contribution in [-0.4, -0.2) is 6.36 Å². The van der Waals surface area contributed by atoms with Crippen LogP contribution in [0.3, 0.4) is 0 Å². The van der Waals surface area contributed by atoms with Gasteiger partial charge in [-0.25, -0.2) is 13.2 Å². The second kappa shape index (κ2) is 7.90. The number of rotatable bonds is 4. The van der Waals surface area contributed by atoms with E-state index in [9.17, 15) is 26.3 Å². The molecule has 0 amide bonds. The Morgan fingerprint density at radius 3 is 2.21 bits per heavy atom. The lowest BCUT2D eigenvalue weighted by Gasteiger charge is -2.18. The molecule has 3 rings (SSSR count). The van der Waals surface area contributed by atoms with Gasteiger partial charge >= 0.3 is 6.36 Å². The first-order chi connectivity index (χ1) is 13.2. The Labute approximate surface area is 169 Å². The van der Waals surface area contributed by atoms with Gasteiger partial charge in [-0.05, 0) is 59.0 Å². The molecule has 0 spiro atoms. The minimum Gasteiger partial charge on any atom is -0.405 e. The van der Waals surface area contributed by atoms with Gasteiger partial charge < -0.3 is 10.1 Å². The van der Waals surface area contributed by atoms with E-state index in [0.29, 0.717) is 3.57 Å². The zero-order valence-corrected chi connectivity index (χ0v) is 15.9. The van der Waals surface area contributed by atoms with Crippen molar-refractivity contribution in [1.82, 2.24) is 0 Å². The summed E-state index contributed by atoms with van der Waals surface area (Å²) >= 11 is 1.87. The molecule has 0 aliphatic rings. The van der Waals surface area contributed by atoms with Gasteiger partial charge in [0.15, 0.2) is 11.6 Å². The fourth-order valence-electron chi connectivity index (χ4n) is 2.53. The fourth-order valence-corrected chi connectivity index (χ4v) is 2.98. The van der Waals surface area contributed by atoms with Gasteiger partial charge in [0.1, 0.15) is 11.6 Å². The van der Waals surface area contributed by atoms with Crippen LogP contribution in [0.4, 0.5) is 37.7 Å². The smallest absolute Gasteiger partial charge is 0.405 e. The van der Waals surface area contributed by atoms with Crippen molar-refractivity contribution in [2.24, 2.45) is 0 Å². The van der Waals surface area contributed by atoms with E-state index < -0.39 is 35.3 Å². The van der Waals surface area contributed by atoms with Gasteiger partial charge in [0, 0.05) is 14.7 Å². The highest BCUT2D eigenvalue weighted by Crippen LogP contribution is 2.40. The molecule has 1 N–H and O–H groups in total. The maximum atomic E-state index is 14.5. The summed E-state index contributed by atoms with van der Waals surface area (Å²) in [5.74, 6) is -3.95. The highest BCUT2D eigenvalue weighted by Gasteiger charge is 2.32. The van der Waals surface area contributed by atoms with Gasteiger partial charge in [0.25, 0.3) is 0 Å². The van der Waals surface area contributed by atoms with Crippen LogP contribution in [0.15, 0.2) is 54.6 Å². The van der Waals surface area contributed by atoms with Crippen molar-refractivity contribution in [2.75, 3.05) is 5.32 Å². The minimum absolute atomic E-state index is 0.128. The number of ether oxygens (including phenoxy) is 1. The van der Waals surface area contributed by atoms with Crippen LogP contribution >= 0.6 is 22.6 Å². The molecule has 0 atom stereocenters. The average molecular weight is 509 g/mol. The van der Waals surface area contributed by atoms with Gasteiger partial charge in [-0.1, -0.05) is 18.2 Å². The number of para-hydroxylation sites is 1. The molecule has 0 saturated carbocycles. The van der Waals surface area contributed by atoms with Gasteiger partial charge in [-0.15, -0.1) is 13.2 Å². The molecular weight excluding hydrogens is 499 g/mol. The van der Waals surface area contributed by atoms with E-state index in [1.54, 1.807) is 0 Å². The number of hydrogen-bond donors (Lipinski definition) is 1. The van der Waals surface area contributed by atoms with Crippen molar-refractivity contribution in [1.29, 1.82) is 0 Å². The monoisotopic (exact) mass is 509 g/mol. The van der Waals surface area contributed by atoms with Crippen LogP contribution in [-0.2, 0) is 0 Å². The van der Waals surface area contributed by atoms with E-state index in [1.165, 1.54) is 36.4 Å². The number of alkyl halides is 3. The Morgan fingerprint density at radius 1 is 0.821 bits per heavy atom. The number of halogens is 7. The molecule has 3 aromatic rings. The second-order valence-electron chi connectivity index (χ2n) is 5.58. The Bertz CT molecular complexity index is 1020. The summed E-state index contributed by atoms with van der Waals surface area (Å²) in [6.07, 6.45) is -4.98. The number of benzene rings is 3. The first-order valence-corrected chi connectivity index (χ1v) is 8.79. The molecular formula is C19H10F6INO. The summed E-state index contributed by atoms with van der Waals surface area (Å²) in [5.41, 5.74) is -0.956. The zero-order chi connectivity index (χ0) is 20.5. The Balaban J connectivity index is 2.15. The van der Waals surface area contributed by atoms with Crippen LogP contribution in [0.25, 0.3) is 11.1 Å². The summed E-state index contributed by atoms with van der Waals surface area (Å²) in [6.45, 7) is 0. The maximum absolute atomic E-state index is 14.5. The Hall–Kier alpha value is -2.43. The van der Waals surface area contributed by atoms with Crippen molar-refractivity contribution >= 4 is 34.0 Å². The molecule has 0 saturated heterocycles. The standard InChI is InChI=1S/C19H10F6INO/c20-13-7-6-12(11-3-1-2-4-16(11)28-19(23,24)25)18(17(13)22)27-15-8-5-10(26)9-14(15)21/h1-9,27H. The van der Waals surface area contributed by atoms with Crippen molar-refractivity contribution < 1.29 is 31.1 Å². The zero-order valence-electron chi connectivity index (χ0n) is 13.8. The van der Waals surface area contributed by atoms with Crippen molar-refractivity contribution in [3.63, 3.8) is 0 Å². The molecule has 28 heavy (non-hydrogen) atoms. The molecule has 0 bridgehead atoms. The molecule has 0 radical (unpaired) electrons. The lowest BCUT2D eigenvalue weighted by molar-refractivity contribution is -0.274. The predicted octanol–water partition coefficient (Wildman–Crippen LogP) is 7.02. The molecule has 0 aromatic heterocycles. The molecule has 0 aliphatic heterocycles. The molecule has 3 aromatic carbocycles. The minimum atomic E-state index is -4.98. The van der Waals surface area contributed by atoms with Gasteiger partial charge in [0.2, 0.25) is 0 Å². The predicted molar refractivity (Wildman–Crippen MR) is 101 cm³/mol. The first-order valence-electron chi connectivity index (χ1n) is 7.71. The van der Waals surface area contributed by atoms with Crippen molar-refractivity contribution in [2.45, 2.75) is 6.36 Å². The summed E-state index contributed by atoms with van der Waals surface area (Å²) < 4.78 is 85.1. The van der Waals surface area contributed by atoms with Gasteiger partial charge in [0.05, 0.1) is 11.4 Å². The normalized spacial score (nSPS) is 11.4. The number of hydrogen-bond acceptors (Lipinski definition) is 2. The third-order valence-corrected chi connectivity index (χ3v) is 4.36. The van der Waals surface area contributed by atoms with E-state index >= 15 is 0 Å². The summed E-state index contributed by atoms with van der Waals surface area (Å²) in [5, 5.41) is 2.44. The molecule has 0 aliphatic carbocycles. The van der Waals surface area contributed by atoms with Crippen LogP contribution in [0.1, 0.15) is 0 Å². The van der Waals surface area contributed by atoms with Crippen LogP contribution in [0, 0.1) is 21.0 Å². The molecule has 0 unspecified atom stereocenters. The van der Waals surface area contributed by atoms with E-state index in [4.69, 9.17) is 0 Å². The topological polar surface area (TPSA) is 21.3 Å². The van der Waals surface area contributed by atoms with Gasteiger partial charge in [-0.3, -0.25) is 0 Å². The van der Waals surface area contributed by atoms with E-state index in [2.05, 4.69) is 10.1 Å². The highest BCUT2D eigenvalue weighted by atomic mass is 127. The summed E-state index contributed by atoms with van der Waals surface area (Å²) in [4.78, 5) is 0. The largest absolute Gasteiger partial charge is 0.573 e. The maximum Gasteiger partial charge on any atom is 0.573 e. The summed E-state index contributed by atoms with van der Waals surface area (Å²) in [7, 11) is 0. The molecule has 0 heterocycles. The van der Waals surface area contributed by atoms with Crippen LogP contribution in [0.2, 0.25) is 0 Å². The third-order valence-electron chi connectivity index (χ3n) is 3.69. The highest BCUT2D eigenvalue weighted by molar-refractivity contribution is 14.1. The molecule has 9 heteroatoms. The quantitative estimate of drug-likeness (QED) is 0.302. The van der Waals surface area contributed by atoms with Gasteiger partial charge in [-0.2, -0.15) is 0 Å². The number of nitrogens with one attached hydrogen (secondary N) is 1. The first kappa shape index (κ1) is 20.3. The third kappa shape index (κ3) is 4.51. The van der Waals surface area contributed by atoms with Crippen LogP contribution in [0.5, 0.6) is 5.75 Å². The second-order valence-corrected chi connectivity index (χ2v) is 6.82. The Kier molecular flexibility index (Phi) is 5.73. The summed E-state index contributed by atoms with van der Waals surface area (Å²) in [6, 6.07) is 10.9. The molecule has 2 nitrogen and oxygen atoms in total. The number of anilines is 2.